The molecule has 0 heterocycles. The standard InChI is InChI=1S/C12H21NO/c1-8-11(3,4)10-5-6-12(8,7-10)13-9(2)14/h8,10H,5-7H2,1-4H3,(H,13,14)/t8?,10-,12-/m1/s1. The highest BCUT2D eigenvalue weighted by Crippen LogP contribution is 2.61. The minimum absolute atomic E-state index is 0.125. The average Bonchev–Trinajstić information content (AvgIpc) is 2.52. The molecular weight excluding hydrogens is 174 g/mol. The van der Waals surface area contributed by atoms with Crippen LogP contribution in [0.5, 0.6) is 0 Å². The smallest absolute Gasteiger partial charge is 0.217 e. The van der Waals surface area contributed by atoms with Crippen molar-refractivity contribution >= 4 is 5.91 Å². The molecule has 2 rings (SSSR count). The van der Waals surface area contributed by atoms with Crippen molar-refractivity contribution in [2.45, 2.75) is 52.5 Å². The summed E-state index contributed by atoms with van der Waals surface area (Å²) in [5.41, 5.74) is 0.528. The van der Waals surface area contributed by atoms with E-state index in [-0.39, 0.29) is 11.4 Å². The predicted octanol–water partition coefficient (Wildman–Crippen LogP) is 2.34. The molecule has 1 unspecified atom stereocenters. The molecule has 1 N–H and O–H groups in total. The van der Waals surface area contributed by atoms with E-state index < -0.39 is 0 Å². The first-order valence-corrected chi connectivity index (χ1v) is 5.67. The third kappa shape index (κ3) is 1.12. The monoisotopic (exact) mass is 195 g/mol. The molecule has 2 heteroatoms. The van der Waals surface area contributed by atoms with Crippen LogP contribution in [0.15, 0.2) is 0 Å². The Morgan fingerprint density at radius 1 is 1.43 bits per heavy atom. The molecule has 2 bridgehead atoms. The number of amides is 1. The van der Waals surface area contributed by atoms with E-state index in [2.05, 4.69) is 26.1 Å². The molecule has 0 aromatic heterocycles. The van der Waals surface area contributed by atoms with E-state index in [1.54, 1.807) is 6.92 Å². The second kappa shape index (κ2) is 2.74. The summed E-state index contributed by atoms with van der Waals surface area (Å²) in [6.07, 6.45) is 3.67. The Labute approximate surface area is 86.5 Å². The molecule has 0 aromatic rings. The lowest BCUT2D eigenvalue weighted by Crippen LogP contribution is -2.51. The van der Waals surface area contributed by atoms with Gasteiger partial charge in [0.25, 0.3) is 0 Å². The molecule has 0 saturated heterocycles. The Bertz CT molecular complexity index is 271. The largest absolute Gasteiger partial charge is 0.351 e. The zero-order valence-corrected chi connectivity index (χ0v) is 9.68. The lowest BCUT2D eigenvalue weighted by Gasteiger charge is -2.42. The van der Waals surface area contributed by atoms with Crippen molar-refractivity contribution in [1.29, 1.82) is 0 Å². The van der Waals surface area contributed by atoms with Crippen molar-refractivity contribution in [2.75, 3.05) is 0 Å². The predicted molar refractivity (Wildman–Crippen MR) is 56.8 cm³/mol. The van der Waals surface area contributed by atoms with E-state index in [0.717, 1.165) is 5.92 Å². The van der Waals surface area contributed by atoms with E-state index in [4.69, 9.17) is 0 Å². The molecule has 0 aliphatic heterocycles. The maximum Gasteiger partial charge on any atom is 0.217 e. The molecule has 2 saturated carbocycles. The fourth-order valence-electron chi connectivity index (χ4n) is 3.74. The fourth-order valence-corrected chi connectivity index (χ4v) is 3.74. The Kier molecular flexibility index (Phi) is 1.96. The van der Waals surface area contributed by atoms with E-state index in [1.807, 2.05) is 0 Å². The summed E-state index contributed by atoms with van der Waals surface area (Å²) in [6.45, 7) is 8.64. The molecular formula is C12H21NO. The molecule has 14 heavy (non-hydrogen) atoms. The number of rotatable bonds is 1. The van der Waals surface area contributed by atoms with Crippen molar-refractivity contribution in [3.8, 4) is 0 Å². The Morgan fingerprint density at radius 2 is 2.07 bits per heavy atom. The second-order valence-electron chi connectivity index (χ2n) is 5.82. The van der Waals surface area contributed by atoms with Crippen LogP contribution in [0.2, 0.25) is 0 Å². The minimum Gasteiger partial charge on any atom is -0.351 e. The summed E-state index contributed by atoms with van der Waals surface area (Å²) in [6, 6.07) is 0. The Balaban J connectivity index is 2.26. The van der Waals surface area contributed by atoms with Crippen molar-refractivity contribution < 1.29 is 4.79 Å². The van der Waals surface area contributed by atoms with Crippen LogP contribution in [0.4, 0.5) is 0 Å². The topological polar surface area (TPSA) is 29.1 Å². The molecule has 1 amide bonds. The number of hydrogen-bond donors (Lipinski definition) is 1. The maximum absolute atomic E-state index is 11.2. The van der Waals surface area contributed by atoms with Gasteiger partial charge in [0, 0.05) is 12.5 Å². The number of carbonyl (C=O) groups is 1. The number of carbonyl (C=O) groups excluding carboxylic acids is 1. The van der Waals surface area contributed by atoms with Crippen LogP contribution in [0.1, 0.15) is 47.0 Å². The van der Waals surface area contributed by atoms with E-state index >= 15 is 0 Å². The zero-order chi connectivity index (χ0) is 10.6. The summed E-state index contributed by atoms with van der Waals surface area (Å²) in [4.78, 5) is 11.2. The van der Waals surface area contributed by atoms with Gasteiger partial charge in [-0.25, -0.2) is 0 Å². The van der Waals surface area contributed by atoms with Crippen LogP contribution >= 0.6 is 0 Å². The van der Waals surface area contributed by atoms with E-state index in [9.17, 15) is 4.79 Å². The molecule has 2 aliphatic carbocycles. The highest BCUT2D eigenvalue weighted by atomic mass is 16.1. The number of hydrogen-bond acceptors (Lipinski definition) is 1. The van der Waals surface area contributed by atoms with Gasteiger partial charge < -0.3 is 5.32 Å². The first kappa shape index (κ1) is 10.0. The summed E-state index contributed by atoms with van der Waals surface area (Å²) in [5, 5.41) is 3.21. The summed E-state index contributed by atoms with van der Waals surface area (Å²) >= 11 is 0. The van der Waals surface area contributed by atoms with Gasteiger partial charge in [-0.05, 0) is 36.5 Å². The summed E-state index contributed by atoms with van der Waals surface area (Å²) < 4.78 is 0. The van der Waals surface area contributed by atoms with Crippen molar-refractivity contribution in [3.63, 3.8) is 0 Å². The first-order chi connectivity index (χ1) is 6.38. The van der Waals surface area contributed by atoms with Crippen LogP contribution in [-0.2, 0) is 4.79 Å². The fraction of sp³-hybridized carbons (Fsp3) is 0.917. The van der Waals surface area contributed by atoms with E-state index in [0.29, 0.717) is 11.3 Å². The molecule has 0 spiro atoms. The van der Waals surface area contributed by atoms with Gasteiger partial charge >= 0.3 is 0 Å². The van der Waals surface area contributed by atoms with Crippen LogP contribution in [0.25, 0.3) is 0 Å². The lowest BCUT2D eigenvalue weighted by atomic mass is 9.67. The number of fused-ring (bicyclic) bond motifs is 2. The highest BCUT2D eigenvalue weighted by Gasteiger charge is 2.59. The van der Waals surface area contributed by atoms with Gasteiger partial charge in [0.05, 0.1) is 0 Å². The van der Waals surface area contributed by atoms with Gasteiger partial charge in [-0.1, -0.05) is 20.8 Å². The molecule has 80 valence electrons. The summed E-state index contributed by atoms with van der Waals surface area (Å²) in [5.74, 6) is 1.55. The van der Waals surface area contributed by atoms with Crippen LogP contribution in [0.3, 0.4) is 0 Å². The van der Waals surface area contributed by atoms with Crippen LogP contribution in [0, 0.1) is 17.3 Å². The Hall–Kier alpha value is -0.530. The van der Waals surface area contributed by atoms with Gasteiger partial charge in [0.15, 0.2) is 0 Å². The molecule has 2 aliphatic rings. The normalized spacial score (nSPS) is 44.0. The van der Waals surface area contributed by atoms with Crippen LogP contribution < -0.4 is 5.32 Å². The van der Waals surface area contributed by atoms with Crippen molar-refractivity contribution in [2.24, 2.45) is 17.3 Å². The maximum atomic E-state index is 11.2. The average molecular weight is 195 g/mol. The van der Waals surface area contributed by atoms with Crippen molar-refractivity contribution in [3.05, 3.63) is 0 Å². The van der Waals surface area contributed by atoms with Gasteiger partial charge in [-0.2, -0.15) is 0 Å². The SMILES string of the molecule is CC(=O)N[C@]12CC[C@H](C1)C(C)(C)C2C. The molecule has 3 atom stereocenters. The number of nitrogens with one attached hydrogen (secondary N) is 1. The molecule has 2 fully saturated rings. The quantitative estimate of drug-likeness (QED) is 0.683. The first-order valence-electron chi connectivity index (χ1n) is 5.67. The van der Waals surface area contributed by atoms with E-state index in [1.165, 1.54) is 19.3 Å². The van der Waals surface area contributed by atoms with Gasteiger partial charge in [0.2, 0.25) is 5.91 Å². The molecule has 0 aromatic carbocycles. The molecule has 0 radical (unpaired) electrons. The third-order valence-corrected chi connectivity index (χ3v) is 4.97. The van der Waals surface area contributed by atoms with Gasteiger partial charge in [-0.15, -0.1) is 0 Å². The van der Waals surface area contributed by atoms with Crippen LogP contribution in [-0.4, -0.2) is 11.4 Å². The Morgan fingerprint density at radius 3 is 2.50 bits per heavy atom. The minimum atomic E-state index is 0.125. The van der Waals surface area contributed by atoms with Gasteiger partial charge in [0.1, 0.15) is 0 Å². The second-order valence-corrected chi connectivity index (χ2v) is 5.82. The van der Waals surface area contributed by atoms with Crippen molar-refractivity contribution in [1.82, 2.24) is 5.32 Å². The summed E-state index contributed by atoms with van der Waals surface area (Å²) in [7, 11) is 0. The highest BCUT2D eigenvalue weighted by molar-refractivity contribution is 5.74. The zero-order valence-electron chi connectivity index (χ0n) is 9.68. The van der Waals surface area contributed by atoms with Gasteiger partial charge in [-0.3, -0.25) is 4.79 Å². The lowest BCUT2D eigenvalue weighted by molar-refractivity contribution is -0.121. The third-order valence-electron chi connectivity index (χ3n) is 4.97. The molecule has 2 nitrogen and oxygen atoms in total.